The maximum atomic E-state index is 12.9. The lowest BCUT2D eigenvalue weighted by Crippen LogP contribution is -2.31. The molecule has 0 unspecified atom stereocenters. The summed E-state index contributed by atoms with van der Waals surface area (Å²) in [4.78, 5) is 39.6. The van der Waals surface area contributed by atoms with E-state index < -0.39 is 11.8 Å². The first-order valence-electron chi connectivity index (χ1n) is 8.92. The van der Waals surface area contributed by atoms with Gasteiger partial charge in [-0.3, -0.25) is 14.4 Å². The molecule has 0 saturated carbocycles. The molecular formula is C23H18N2O3. The van der Waals surface area contributed by atoms with Crippen molar-refractivity contribution in [3.63, 3.8) is 0 Å². The number of benzene rings is 3. The fourth-order valence-corrected chi connectivity index (χ4v) is 3.51. The highest BCUT2D eigenvalue weighted by molar-refractivity contribution is 6.35. The number of amides is 3. The molecule has 1 heterocycles. The molecule has 0 aromatic heterocycles. The van der Waals surface area contributed by atoms with Crippen LogP contribution >= 0.6 is 0 Å². The van der Waals surface area contributed by atoms with Crippen molar-refractivity contribution < 1.29 is 14.4 Å². The number of hydrogen-bond acceptors (Lipinski definition) is 3. The lowest BCUT2D eigenvalue weighted by Gasteiger charge is -2.18. The van der Waals surface area contributed by atoms with Crippen molar-refractivity contribution in [1.82, 2.24) is 0 Å². The standard InChI is InChI=1S/C23H18N2O3/c1-14-11-15(2)13-16(12-14)24-21(26)19-9-5-6-10-20(19)25-22(27)17-7-3-4-8-18(17)23(25)28/h3-13H,1-2H3,(H,24,26). The first kappa shape index (κ1) is 17.7. The Hall–Kier alpha value is -3.73. The monoisotopic (exact) mass is 370 g/mol. The molecule has 138 valence electrons. The molecule has 1 N–H and O–H groups in total. The normalized spacial score (nSPS) is 12.9. The topological polar surface area (TPSA) is 66.5 Å². The Balaban J connectivity index is 1.71. The van der Waals surface area contributed by atoms with Crippen LogP contribution in [0.3, 0.4) is 0 Å². The van der Waals surface area contributed by atoms with E-state index >= 15 is 0 Å². The van der Waals surface area contributed by atoms with Gasteiger partial charge < -0.3 is 5.32 Å². The highest BCUT2D eigenvalue weighted by Crippen LogP contribution is 2.31. The van der Waals surface area contributed by atoms with Crippen LogP contribution in [0.1, 0.15) is 42.2 Å². The molecule has 5 nitrogen and oxygen atoms in total. The third-order valence-corrected chi connectivity index (χ3v) is 4.66. The molecule has 0 fully saturated rings. The van der Waals surface area contributed by atoms with Crippen LogP contribution in [0.25, 0.3) is 0 Å². The zero-order chi connectivity index (χ0) is 19.8. The van der Waals surface area contributed by atoms with Gasteiger partial charge in [-0.25, -0.2) is 4.90 Å². The number of nitrogens with one attached hydrogen (secondary N) is 1. The summed E-state index contributed by atoms with van der Waals surface area (Å²) in [6, 6.07) is 19.0. The molecule has 3 aromatic carbocycles. The van der Waals surface area contributed by atoms with E-state index in [4.69, 9.17) is 0 Å². The molecule has 0 atom stereocenters. The van der Waals surface area contributed by atoms with E-state index in [1.165, 1.54) is 0 Å². The van der Waals surface area contributed by atoms with Gasteiger partial charge in [0.1, 0.15) is 0 Å². The van der Waals surface area contributed by atoms with Crippen molar-refractivity contribution in [3.05, 3.63) is 94.5 Å². The smallest absolute Gasteiger partial charge is 0.266 e. The minimum Gasteiger partial charge on any atom is -0.322 e. The van der Waals surface area contributed by atoms with Gasteiger partial charge in [0.05, 0.1) is 22.4 Å². The van der Waals surface area contributed by atoms with Crippen molar-refractivity contribution in [3.8, 4) is 0 Å². The summed E-state index contributed by atoms with van der Waals surface area (Å²) in [5.41, 5.74) is 3.95. The van der Waals surface area contributed by atoms with Crippen molar-refractivity contribution in [2.45, 2.75) is 13.8 Å². The summed E-state index contributed by atoms with van der Waals surface area (Å²) in [5.74, 6) is -1.23. The maximum absolute atomic E-state index is 12.9. The largest absolute Gasteiger partial charge is 0.322 e. The second kappa shape index (κ2) is 6.78. The molecule has 0 radical (unpaired) electrons. The first-order valence-corrected chi connectivity index (χ1v) is 8.92. The molecule has 3 amide bonds. The zero-order valence-electron chi connectivity index (χ0n) is 15.5. The Morgan fingerprint density at radius 1 is 0.786 bits per heavy atom. The molecular weight excluding hydrogens is 352 g/mol. The molecule has 3 aromatic rings. The molecule has 1 aliphatic rings. The van der Waals surface area contributed by atoms with Crippen molar-refractivity contribution >= 4 is 29.1 Å². The van der Waals surface area contributed by atoms with Crippen LogP contribution in [-0.2, 0) is 0 Å². The number of aryl methyl sites for hydroxylation is 2. The third kappa shape index (κ3) is 2.97. The van der Waals surface area contributed by atoms with Gasteiger partial charge in [0.15, 0.2) is 0 Å². The zero-order valence-corrected chi connectivity index (χ0v) is 15.5. The van der Waals surface area contributed by atoms with Crippen LogP contribution in [0.15, 0.2) is 66.7 Å². The average molecular weight is 370 g/mol. The van der Waals surface area contributed by atoms with Crippen LogP contribution in [0, 0.1) is 13.8 Å². The summed E-state index contributed by atoms with van der Waals surface area (Å²) in [6.07, 6.45) is 0. The number of imide groups is 1. The highest BCUT2D eigenvalue weighted by Gasteiger charge is 2.37. The van der Waals surface area contributed by atoms with E-state index in [0.717, 1.165) is 16.0 Å². The van der Waals surface area contributed by atoms with Crippen molar-refractivity contribution in [1.29, 1.82) is 0 Å². The Kier molecular flexibility index (Phi) is 4.28. The number of fused-ring (bicyclic) bond motifs is 1. The fourth-order valence-electron chi connectivity index (χ4n) is 3.51. The predicted octanol–water partition coefficient (Wildman–Crippen LogP) is 4.36. The molecule has 0 aliphatic carbocycles. The minimum absolute atomic E-state index is 0.260. The Labute approximate surface area is 162 Å². The van der Waals surface area contributed by atoms with Crippen molar-refractivity contribution in [2.24, 2.45) is 0 Å². The quantitative estimate of drug-likeness (QED) is 0.697. The number of carbonyl (C=O) groups is 3. The molecule has 0 spiro atoms. The number of rotatable bonds is 3. The van der Waals surface area contributed by atoms with E-state index in [2.05, 4.69) is 5.32 Å². The molecule has 5 heteroatoms. The van der Waals surface area contributed by atoms with E-state index in [1.807, 2.05) is 32.0 Å². The predicted molar refractivity (Wildman–Crippen MR) is 108 cm³/mol. The highest BCUT2D eigenvalue weighted by atomic mass is 16.2. The number of hydrogen-bond donors (Lipinski definition) is 1. The third-order valence-electron chi connectivity index (χ3n) is 4.66. The lowest BCUT2D eigenvalue weighted by atomic mass is 10.1. The second-order valence-corrected chi connectivity index (χ2v) is 6.84. The van der Waals surface area contributed by atoms with Gasteiger partial charge in [-0.1, -0.05) is 30.3 Å². The van der Waals surface area contributed by atoms with Gasteiger partial charge in [-0.15, -0.1) is 0 Å². The second-order valence-electron chi connectivity index (χ2n) is 6.84. The number of para-hydroxylation sites is 1. The first-order chi connectivity index (χ1) is 13.5. The minimum atomic E-state index is -0.424. The summed E-state index contributed by atoms with van der Waals surface area (Å²) in [6.45, 7) is 3.91. The average Bonchev–Trinajstić information content (AvgIpc) is 2.92. The summed E-state index contributed by atoms with van der Waals surface area (Å²) in [5, 5.41) is 2.87. The Morgan fingerprint density at radius 2 is 1.32 bits per heavy atom. The maximum Gasteiger partial charge on any atom is 0.266 e. The van der Waals surface area contributed by atoms with Crippen LogP contribution in [0.5, 0.6) is 0 Å². The SMILES string of the molecule is Cc1cc(C)cc(NC(=O)c2ccccc2N2C(=O)c3ccccc3C2=O)c1. The number of anilines is 2. The van der Waals surface area contributed by atoms with E-state index in [0.29, 0.717) is 16.8 Å². The summed E-state index contributed by atoms with van der Waals surface area (Å²) < 4.78 is 0. The summed E-state index contributed by atoms with van der Waals surface area (Å²) >= 11 is 0. The van der Waals surface area contributed by atoms with Crippen LogP contribution in [-0.4, -0.2) is 17.7 Å². The van der Waals surface area contributed by atoms with Crippen LogP contribution < -0.4 is 10.2 Å². The van der Waals surface area contributed by atoms with E-state index in [-0.39, 0.29) is 17.2 Å². The number of nitrogens with zero attached hydrogens (tertiary/aromatic N) is 1. The Bertz CT molecular complexity index is 1080. The van der Waals surface area contributed by atoms with Gasteiger partial charge in [-0.2, -0.15) is 0 Å². The number of carbonyl (C=O) groups excluding carboxylic acids is 3. The molecule has 0 saturated heterocycles. The van der Waals surface area contributed by atoms with E-state index in [9.17, 15) is 14.4 Å². The molecule has 4 rings (SSSR count). The Morgan fingerprint density at radius 3 is 1.93 bits per heavy atom. The van der Waals surface area contributed by atoms with E-state index in [1.54, 1.807) is 48.5 Å². The van der Waals surface area contributed by atoms with Gasteiger partial charge in [0, 0.05) is 5.69 Å². The van der Waals surface area contributed by atoms with Gasteiger partial charge >= 0.3 is 0 Å². The lowest BCUT2D eigenvalue weighted by molar-refractivity contribution is 0.0926. The fraction of sp³-hybridized carbons (Fsp3) is 0.0870. The summed E-state index contributed by atoms with van der Waals surface area (Å²) in [7, 11) is 0. The van der Waals surface area contributed by atoms with Crippen LogP contribution in [0.2, 0.25) is 0 Å². The van der Waals surface area contributed by atoms with Gasteiger partial charge in [0.2, 0.25) is 0 Å². The van der Waals surface area contributed by atoms with Crippen LogP contribution in [0.4, 0.5) is 11.4 Å². The van der Waals surface area contributed by atoms with Crippen molar-refractivity contribution in [2.75, 3.05) is 10.2 Å². The molecule has 1 aliphatic heterocycles. The van der Waals surface area contributed by atoms with Gasteiger partial charge in [0.25, 0.3) is 17.7 Å². The van der Waals surface area contributed by atoms with Gasteiger partial charge in [-0.05, 0) is 61.4 Å². The molecule has 28 heavy (non-hydrogen) atoms. The molecule has 0 bridgehead atoms.